The van der Waals surface area contributed by atoms with Gasteiger partial charge >= 0.3 is 6.09 Å². The average molecular weight is 248 g/mol. The van der Waals surface area contributed by atoms with Gasteiger partial charge in [0.15, 0.2) is 0 Å². The van der Waals surface area contributed by atoms with E-state index in [2.05, 4.69) is 17.6 Å². The Morgan fingerprint density at radius 1 is 1.39 bits per heavy atom. The highest BCUT2D eigenvalue weighted by Gasteiger charge is 2.20. The fourth-order valence-electron chi connectivity index (χ4n) is 2.20. The monoisotopic (exact) mass is 248 g/mol. The van der Waals surface area contributed by atoms with Gasteiger partial charge in [-0.25, -0.2) is 4.79 Å². The minimum Gasteiger partial charge on any atom is -0.445 e. The molecule has 1 amide bonds. The van der Waals surface area contributed by atoms with Gasteiger partial charge in [0.1, 0.15) is 6.61 Å². The summed E-state index contributed by atoms with van der Waals surface area (Å²) in [5, 5.41) is 6.19. The SMILES string of the molecule is CC1CNCC(NC(=O)OCc2ccccc2)C1. The van der Waals surface area contributed by atoms with Crippen LogP contribution in [0.3, 0.4) is 0 Å². The van der Waals surface area contributed by atoms with Crippen molar-refractivity contribution >= 4 is 6.09 Å². The molecule has 98 valence electrons. The number of nitrogens with one attached hydrogen (secondary N) is 2. The van der Waals surface area contributed by atoms with Crippen LogP contribution in [0.2, 0.25) is 0 Å². The van der Waals surface area contributed by atoms with Crippen molar-refractivity contribution in [2.75, 3.05) is 13.1 Å². The number of alkyl carbamates (subject to hydrolysis) is 1. The van der Waals surface area contributed by atoms with Crippen molar-refractivity contribution in [2.45, 2.75) is 26.0 Å². The molecule has 0 radical (unpaired) electrons. The Kier molecular flexibility index (Phi) is 4.59. The molecule has 2 rings (SSSR count). The number of hydrogen-bond donors (Lipinski definition) is 2. The zero-order valence-corrected chi connectivity index (χ0v) is 10.7. The van der Waals surface area contributed by atoms with E-state index >= 15 is 0 Å². The molecule has 1 fully saturated rings. The topological polar surface area (TPSA) is 50.4 Å². The molecular weight excluding hydrogens is 228 g/mol. The van der Waals surface area contributed by atoms with Crippen LogP contribution in [-0.4, -0.2) is 25.2 Å². The van der Waals surface area contributed by atoms with Gasteiger partial charge < -0.3 is 15.4 Å². The molecule has 1 aromatic carbocycles. The van der Waals surface area contributed by atoms with Crippen LogP contribution in [-0.2, 0) is 11.3 Å². The van der Waals surface area contributed by atoms with Gasteiger partial charge in [-0.2, -0.15) is 0 Å². The van der Waals surface area contributed by atoms with E-state index in [9.17, 15) is 4.79 Å². The third kappa shape index (κ3) is 4.04. The predicted octanol–water partition coefficient (Wildman–Crippen LogP) is 1.91. The molecule has 1 aliphatic rings. The number of hydrogen-bond acceptors (Lipinski definition) is 3. The summed E-state index contributed by atoms with van der Waals surface area (Å²) in [7, 11) is 0. The van der Waals surface area contributed by atoms with Crippen molar-refractivity contribution in [1.29, 1.82) is 0 Å². The highest BCUT2D eigenvalue weighted by molar-refractivity contribution is 5.67. The zero-order valence-electron chi connectivity index (χ0n) is 10.7. The summed E-state index contributed by atoms with van der Waals surface area (Å²) in [6.07, 6.45) is 0.674. The van der Waals surface area contributed by atoms with Crippen molar-refractivity contribution in [1.82, 2.24) is 10.6 Å². The first-order chi connectivity index (χ1) is 8.74. The second-order valence-corrected chi connectivity index (χ2v) is 4.90. The Hall–Kier alpha value is -1.55. The molecule has 0 aliphatic carbocycles. The molecule has 2 atom stereocenters. The second-order valence-electron chi connectivity index (χ2n) is 4.90. The summed E-state index contributed by atoms with van der Waals surface area (Å²) in [5.74, 6) is 0.596. The fraction of sp³-hybridized carbons (Fsp3) is 0.500. The third-order valence-corrected chi connectivity index (χ3v) is 3.11. The lowest BCUT2D eigenvalue weighted by Crippen LogP contribution is -2.48. The van der Waals surface area contributed by atoms with Gasteiger partial charge in [0.25, 0.3) is 0 Å². The molecule has 4 nitrogen and oxygen atoms in total. The number of carbonyl (C=O) groups excluding carboxylic acids is 1. The normalized spacial score (nSPS) is 23.4. The van der Waals surface area contributed by atoms with Crippen LogP contribution < -0.4 is 10.6 Å². The van der Waals surface area contributed by atoms with Gasteiger partial charge in [-0.05, 0) is 24.4 Å². The number of ether oxygens (including phenoxy) is 1. The Morgan fingerprint density at radius 3 is 2.89 bits per heavy atom. The smallest absolute Gasteiger partial charge is 0.407 e. The van der Waals surface area contributed by atoms with Crippen LogP contribution in [0.5, 0.6) is 0 Å². The van der Waals surface area contributed by atoms with Gasteiger partial charge in [0, 0.05) is 12.6 Å². The minimum atomic E-state index is -0.334. The second kappa shape index (κ2) is 6.40. The summed E-state index contributed by atoms with van der Waals surface area (Å²) in [5.41, 5.74) is 1.00. The standard InChI is InChI=1S/C14H20N2O2/c1-11-7-13(9-15-8-11)16-14(17)18-10-12-5-3-2-4-6-12/h2-6,11,13,15H,7-10H2,1H3,(H,16,17). The average Bonchev–Trinajstić information content (AvgIpc) is 2.38. The van der Waals surface area contributed by atoms with Crippen LogP contribution in [0.4, 0.5) is 4.79 Å². The Balaban J connectivity index is 1.72. The first kappa shape index (κ1) is 12.9. The van der Waals surface area contributed by atoms with Crippen molar-refractivity contribution in [3.8, 4) is 0 Å². The van der Waals surface area contributed by atoms with Crippen LogP contribution in [0.15, 0.2) is 30.3 Å². The third-order valence-electron chi connectivity index (χ3n) is 3.11. The van der Waals surface area contributed by atoms with Crippen LogP contribution in [0.1, 0.15) is 18.9 Å². The van der Waals surface area contributed by atoms with Gasteiger partial charge in [-0.1, -0.05) is 37.3 Å². The molecule has 1 saturated heterocycles. The lowest BCUT2D eigenvalue weighted by atomic mass is 9.98. The van der Waals surface area contributed by atoms with Crippen molar-refractivity contribution in [2.24, 2.45) is 5.92 Å². The van der Waals surface area contributed by atoms with E-state index < -0.39 is 0 Å². The summed E-state index contributed by atoms with van der Waals surface area (Å²) in [4.78, 5) is 11.6. The zero-order chi connectivity index (χ0) is 12.8. The molecule has 2 unspecified atom stereocenters. The minimum absolute atomic E-state index is 0.178. The quantitative estimate of drug-likeness (QED) is 0.859. The van der Waals surface area contributed by atoms with Crippen molar-refractivity contribution in [3.05, 3.63) is 35.9 Å². The number of benzene rings is 1. The van der Waals surface area contributed by atoms with Crippen molar-refractivity contribution < 1.29 is 9.53 Å². The van der Waals surface area contributed by atoms with Gasteiger partial charge in [0.05, 0.1) is 0 Å². The van der Waals surface area contributed by atoms with E-state index in [-0.39, 0.29) is 12.1 Å². The summed E-state index contributed by atoms with van der Waals surface area (Å²) in [6.45, 7) is 4.35. The fourth-order valence-corrected chi connectivity index (χ4v) is 2.20. The summed E-state index contributed by atoms with van der Waals surface area (Å²) >= 11 is 0. The number of amides is 1. The maximum absolute atomic E-state index is 11.6. The van der Waals surface area contributed by atoms with Crippen LogP contribution in [0.25, 0.3) is 0 Å². The predicted molar refractivity (Wildman–Crippen MR) is 70.2 cm³/mol. The van der Waals surface area contributed by atoms with E-state index in [0.29, 0.717) is 12.5 Å². The molecule has 1 heterocycles. The Labute approximate surface area is 108 Å². The van der Waals surface area contributed by atoms with E-state index in [1.807, 2.05) is 30.3 Å². The van der Waals surface area contributed by atoms with Crippen LogP contribution in [0, 0.1) is 5.92 Å². The highest BCUT2D eigenvalue weighted by atomic mass is 16.5. The lowest BCUT2D eigenvalue weighted by Gasteiger charge is -2.28. The largest absolute Gasteiger partial charge is 0.445 e. The maximum atomic E-state index is 11.6. The molecule has 0 bridgehead atoms. The van der Waals surface area contributed by atoms with Gasteiger partial charge in [-0.3, -0.25) is 0 Å². The number of piperidine rings is 1. The molecule has 1 aromatic rings. The van der Waals surface area contributed by atoms with E-state index in [1.165, 1.54) is 0 Å². The molecule has 0 saturated carbocycles. The molecule has 18 heavy (non-hydrogen) atoms. The number of rotatable bonds is 3. The Morgan fingerprint density at radius 2 is 2.17 bits per heavy atom. The molecule has 1 aliphatic heterocycles. The highest BCUT2D eigenvalue weighted by Crippen LogP contribution is 2.09. The van der Waals surface area contributed by atoms with Gasteiger partial charge in [0.2, 0.25) is 0 Å². The summed E-state index contributed by atoms with van der Waals surface area (Å²) in [6, 6.07) is 9.87. The van der Waals surface area contributed by atoms with Crippen LogP contribution >= 0.6 is 0 Å². The molecule has 4 heteroatoms. The first-order valence-corrected chi connectivity index (χ1v) is 6.42. The molecular formula is C14H20N2O2. The summed E-state index contributed by atoms with van der Waals surface area (Å²) < 4.78 is 5.19. The molecule has 0 aromatic heterocycles. The number of carbonyl (C=O) groups is 1. The van der Waals surface area contributed by atoms with Gasteiger partial charge in [-0.15, -0.1) is 0 Å². The van der Waals surface area contributed by atoms with E-state index in [4.69, 9.17) is 4.74 Å². The lowest BCUT2D eigenvalue weighted by molar-refractivity contribution is 0.132. The first-order valence-electron chi connectivity index (χ1n) is 6.42. The molecule has 2 N–H and O–H groups in total. The Bertz CT molecular complexity index is 381. The maximum Gasteiger partial charge on any atom is 0.407 e. The van der Waals surface area contributed by atoms with E-state index in [1.54, 1.807) is 0 Å². The molecule has 0 spiro atoms. The van der Waals surface area contributed by atoms with Crippen molar-refractivity contribution in [3.63, 3.8) is 0 Å². The van der Waals surface area contributed by atoms with E-state index in [0.717, 1.165) is 25.1 Å².